The molecule has 5 amide bonds. The van der Waals surface area contributed by atoms with Crippen LogP contribution in [0.1, 0.15) is 86.6 Å². The lowest BCUT2D eigenvalue weighted by molar-refractivity contribution is -0.148. The van der Waals surface area contributed by atoms with E-state index in [9.17, 15) is 32.4 Å². The van der Waals surface area contributed by atoms with Gasteiger partial charge in [0.15, 0.2) is 0 Å². The van der Waals surface area contributed by atoms with Crippen molar-refractivity contribution in [3.8, 4) is 0 Å². The molecule has 1 aromatic carbocycles. The minimum atomic E-state index is -3.89. The van der Waals surface area contributed by atoms with Crippen molar-refractivity contribution in [2.45, 2.75) is 130 Å². The van der Waals surface area contributed by atoms with Gasteiger partial charge in [-0.2, -0.15) is 0 Å². The average Bonchev–Trinajstić information content (AvgIpc) is 3.66. The lowest BCUT2D eigenvalue weighted by atomic mass is 9.89. The molecule has 0 aromatic heterocycles. The van der Waals surface area contributed by atoms with Crippen molar-refractivity contribution < 1.29 is 41.9 Å². The molecule has 16 heteroatoms. The topological polar surface area (TPSA) is 193 Å². The third kappa shape index (κ3) is 13.7. The molecule has 0 bridgehead atoms. The van der Waals surface area contributed by atoms with Gasteiger partial charge in [-0.05, 0) is 50.1 Å². The molecule has 1 fully saturated rings. The van der Waals surface area contributed by atoms with Crippen molar-refractivity contribution in [2.24, 2.45) is 23.7 Å². The van der Waals surface area contributed by atoms with E-state index in [2.05, 4.69) is 20.7 Å². The van der Waals surface area contributed by atoms with Gasteiger partial charge in [0.1, 0.15) is 12.1 Å². The highest BCUT2D eigenvalue weighted by Crippen LogP contribution is 2.30. The number of ether oxygens (including phenoxy) is 2. The molecule has 1 aliphatic rings. The van der Waals surface area contributed by atoms with Crippen molar-refractivity contribution in [3.63, 3.8) is 0 Å². The van der Waals surface area contributed by atoms with Gasteiger partial charge >= 0.3 is 0 Å². The summed E-state index contributed by atoms with van der Waals surface area (Å²) in [5, 5.41) is 8.75. The largest absolute Gasteiger partial charge is 0.379 e. The Morgan fingerprint density at radius 2 is 1.49 bits per heavy atom. The van der Waals surface area contributed by atoms with E-state index in [1.54, 1.807) is 55.1 Å². The maximum absolute atomic E-state index is 14.2. The number of benzene rings is 1. The minimum Gasteiger partial charge on any atom is -0.379 e. The first-order valence-electron chi connectivity index (χ1n) is 20.3. The normalized spacial score (nSPS) is 18.8. The number of methoxy groups -OCH3 is 2. The number of likely N-dealkylation sites (tertiary alicyclic amines) is 1. The SMILES string of the molecule is CC[C@H](C)[C@@H]([C@@H](CC(=O)N1CCC[C@H]1[C@H](OC)[C@@H](C)C(=O)N[C@@H](Cc1ccccc1)C(=O)NS(=O)(=O)CC)OC)N(C)C(=O)[C@@H](NC(=O)C(NC)C(C)C)C(C)C. The van der Waals surface area contributed by atoms with Crippen LogP contribution in [-0.2, 0) is 49.9 Å². The zero-order valence-corrected chi connectivity index (χ0v) is 37.0. The summed E-state index contributed by atoms with van der Waals surface area (Å²) in [6, 6.07) is 5.50. The number of hydrogen-bond donors (Lipinski definition) is 4. The van der Waals surface area contributed by atoms with Crippen LogP contribution < -0.4 is 20.7 Å². The molecule has 4 N–H and O–H groups in total. The number of rotatable bonds is 23. The van der Waals surface area contributed by atoms with Crippen molar-refractivity contribution in [1.29, 1.82) is 0 Å². The first kappa shape index (κ1) is 49.5. The van der Waals surface area contributed by atoms with E-state index in [4.69, 9.17) is 9.47 Å². The summed E-state index contributed by atoms with van der Waals surface area (Å²) in [5.41, 5.74) is 0.726. The van der Waals surface area contributed by atoms with Crippen LogP contribution in [-0.4, -0.2) is 131 Å². The van der Waals surface area contributed by atoms with Crippen molar-refractivity contribution in [3.05, 3.63) is 35.9 Å². The molecule has 9 atom stereocenters. The first-order valence-corrected chi connectivity index (χ1v) is 21.9. The average molecular weight is 823 g/mol. The Bertz CT molecular complexity index is 1580. The first-order chi connectivity index (χ1) is 26.8. The lowest BCUT2D eigenvalue weighted by Gasteiger charge is -2.41. The summed E-state index contributed by atoms with van der Waals surface area (Å²) in [4.78, 5) is 72.0. The van der Waals surface area contributed by atoms with E-state index in [0.717, 1.165) is 5.56 Å². The predicted molar refractivity (Wildman–Crippen MR) is 220 cm³/mol. The number of carbonyl (C=O) groups excluding carboxylic acids is 5. The van der Waals surface area contributed by atoms with Crippen LogP contribution >= 0.6 is 0 Å². The highest BCUT2D eigenvalue weighted by molar-refractivity contribution is 7.90. The molecular weight excluding hydrogens is 753 g/mol. The zero-order chi connectivity index (χ0) is 43.2. The van der Waals surface area contributed by atoms with E-state index in [-0.39, 0.29) is 54.1 Å². The van der Waals surface area contributed by atoms with E-state index >= 15 is 0 Å². The van der Waals surface area contributed by atoms with Gasteiger partial charge < -0.3 is 35.2 Å². The molecule has 0 spiro atoms. The Hall–Kier alpha value is -3.60. The molecule has 0 radical (unpaired) electrons. The van der Waals surface area contributed by atoms with Gasteiger partial charge in [0.05, 0.1) is 48.4 Å². The Morgan fingerprint density at radius 3 is 2.00 bits per heavy atom. The standard InChI is InChI=1S/C41H70N6O9S/c1-13-27(7)36(46(10)41(52)35(26(5)6)44-40(51)34(42-9)25(3)4)32(55-11)24-33(48)47-22-18-21-31(47)37(56-12)28(8)38(49)43-30(23-29-19-16-15-17-20-29)39(50)45-57(53,54)14-2/h15-17,19-20,25-28,30-32,34-37,42H,13-14,18,21-24H2,1-12H3,(H,43,49)(H,44,51)(H,45,50)/t27-,28+,30-,31-,32+,34?,35-,36-,37+/m0/s1. The summed E-state index contributed by atoms with van der Waals surface area (Å²) >= 11 is 0. The zero-order valence-electron chi connectivity index (χ0n) is 36.2. The molecule has 0 saturated carbocycles. The number of carbonyl (C=O) groups is 5. The molecule has 1 aromatic rings. The number of likely N-dealkylation sites (N-methyl/N-ethyl adjacent to an activating group) is 2. The highest BCUT2D eigenvalue weighted by atomic mass is 32.2. The molecule has 15 nitrogen and oxygen atoms in total. The lowest BCUT2D eigenvalue weighted by Crippen LogP contribution is -2.59. The van der Waals surface area contributed by atoms with Gasteiger partial charge in [0.2, 0.25) is 33.7 Å². The van der Waals surface area contributed by atoms with E-state index in [0.29, 0.717) is 25.8 Å². The number of nitrogens with zero attached hydrogens (tertiary/aromatic N) is 2. The maximum Gasteiger partial charge on any atom is 0.256 e. The summed E-state index contributed by atoms with van der Waals surface area (Å²) in [5.74, 6) is -3.55. The Balaban J connectivity index is 2.32. The molecule has 1 heterocycles. The summed E-state index contributed by atoms with van der Waals surface area (Å²) in [6.45, 7) is 15.1. The van der Waals surface area contributed by atoms with Gasteiger partial charge in [-0.3, -0.25) is 28.7 Å². The fourth-order valence-corrected chi connectivity index (χ4v) is 8.30. The molecule has 1 saturated heterocycles. The van der Waals surface area contributed by atoms with Crippen molar-refractivity contribution in [1.82, 2.24) is 30.5 Å². The second kappa shape index (κ2) is 23.1. The Morgan fingerprint density at radius 1 is 0.877 bits per heavy atom. The number of hydrogen-bond acceptors (Lipinski definition) is 10. The summed E-state index contributed by atoms with van der Waals surface area (Å²) < 4.78 is 38.5. The van der Waals surface area contributed by atoms with Gasteiger partial charge in [-0.25, -0.2) is 8.42 Å². The molecule has 2 rings (SSSR count). The van der Waals surface area contributed by atoms with Gasteiger partial charge in [0, 0.05) is 34.2 Å². The molecule has 0 aliphatic carbocycles. The van der Waals surface area contributed by atoms with Crippen LogP contribution in [0.2, 0.25) is 0 Å². The third-order valence-corrected chi connectivity index (χ3v) is 12.6. The van der Waals surface area contributed by atoms with Gasteiger partial charge in [-0.15, -0.1) is 0 Å². The predicted octanol–water partition coefficient (Wildman–Crippen LogP) is 2.48. The smallest absolute Gasteiger partial charge is 0.256 e. The van der Waals surface area contributed by atoms with Crippen LogP contribution in [0, 0.1) is 23.7 Å². The Labute approximate surface area is 341 Å². The second-order valence-corrected chi connectivity index (χ2v) is 18.0. The number of amides is 5. The summed E-state index contributed by atoms with van der Waals surface area (Å²) in [6.07, 6.45) is 0.498. The van der Waals surface area contributed by atoms with E-state index < -0.39 is 70.2 Å². The second-order valence-electron chi connectivity index (χ2n) is 16.0. The summed E-state index contributed by atoms with van der Waals surface area (Å²) in [7, 11) is 2.51. The quantitative estimate of drug-likeness (QED) is 0.128. The molecule has 1 aliphatic heterocycles. The maximum atomic E-state index is 14.2. The fraction of sp³-hybridized carbons (Fsp3) is 0.732. The highest BCUT2D eigenvalue weighted by Gasteiger charge is 2.43. The van der Waals surface area contributed by atoms with E-state index in [1.807, 2.05) is 47.6 Å². The molecular formula is C41H70N6O9S. The number of nitrogens with one attached hydrogen (secondary N) is 4. The number of sulfonamides is 1. The van der Waals surface area contributed by atoms with E-state index in [1.165, 1.54) is 21.1 Å². The van der Waals surface area contributed by atoms with Gasteiger partial charge in [0.25, 0.3) is 5.91 Å². The Kier molecular flexibility index (Phi) is 20.1. The molecule has 324 valence electrons. The van der Waals surface area contributed by atoms with Crippen molar-refractivity contribution in [2.75, 3.05) is 40.6 Å². The molecule has 57 heavy (non-hydrogen) atoms. The van der Waals surface area contributed by atoms with Gasteiger partial charge in [-0.1, -0.05) is 85.2 Å². The van der Waals surface area contributed by atoms with Crippen LogP contribution in [0.15, 0.2) is 30.3 Å². The fourth-order valence-electron chi connectivity index (χ4n) is 7.71. The molecule has 1 unspecified atom stereocenters. The van der Waals surface area contributed by atoms with Crippen LogP contribution in [0.3, 0.4) is 0 Å². The minimum absolute atomic E-state index is 0.00613. The van der Waals surface area contributed by atoms with Crippen LogP contribution in [0.4, 0.5) is 0 Å². The van der Waals surface area contributed by atoms with Crippen molar-refractivity contribution >= 4 is 39.6 Å². The van der Waals surface area contributed by atoms with Crippen LogP contribution in [0.5, 0.6) is 0 Å². The monoisotopic (exact) mass is 822 g/mol. The third-order valence-electron chi connectivity index (χ3n) is 11.3. The van der Waals surface area contributed by atoms with Crippen LogP contribution in [0.25, 0.3) is 0 Å².